The van der Waals surface area contributed by atoms with E-state index in [0.29, 0.717) is 11.5 Å². The van der Waals surface area contributed by atoms with Gasteiger partial charge in [0, 0.05) is 0 Å². The Morgan fingerprint density at radius 2 is 1.57 bits per heavy atom. The fraction of sp³-hybridized carbons (Fsp3) is 0.250. The molecule has 0 aromatic heterocycles. The molecule has 0 aliphatic carbocycles. The number of hydrogen-bond acceptors (Lipinski definition) is 4. The number of rotatable bonds is 5. The molecular weight excluding hydrogens is 311 g/mol. The highest BCUT2D eigenvalue weighted by molar-refractivity contribution is 5.55. The topological polar surface area (TPSA) is 53.7 Å². The molecule has 0 saturated heterocycles. The van der Waals surface area contributed by atoms with Gasteiger partial charge in [-0.25, -0.2) is 0 Å². The Labute approximate surface area is 131 Å². The van der Waals surface area contributed by atoms with Crippen LogP contribution in [0.25, 0.3) is 0 Å². The first kappa shape index (κ1) is 16.8. The van der Waals surface area contributed by atoms with E-state index in [-0.39, 0.29) is 18.0 Å². The van der Waals surface area contributed by atoms with Crippen LogP contribution >= 0.6 is 0 Å². The van der Waals surface area contributed by atoms with Crippen molar-refractivity contribution in [1.29, 1.82) is 0 Å². The number of halogens is 3. The summed E-state index contributed by atoms with van der Waals surface area (Å²) < 4.78 is 53.5. The molecule has 2 aromatic rings. The van der Waals surface area contributed by atoms with Crippen molar-refractivity contribution in [3.8, 4) is 17.2 Å². The van der Waals surface area contributed by atoms with E-state index >= 15 is 0 Å². The van der Waals surface area contributed by atoms with E-state index in [1.165, 1.54) is 20.3 Å². The first-order valence-corrected chi connectivity index (χ1v) is 6.65. The van der Waals surface area contributed by atoms with Gasteiger partial charge in [0.1, 0.15) is 12.4 Å². The number of hydrogen-bond donors (Lipinski definition) is 1. The summed E-state index contributed by atoms with van der Waals surface area (Å²) >= 11 is 0. The van der Waals surface area contributed by atoms with Crippen LogP contribution < -0.4 is 19.9 Å². The normalized spacial score (nSPS) is 11.2. The summed E-state index contributed by atoms with van der Waals surface area (Å²) in [7, 11) is 3.03. The number of anilines is 1. The maximum absolute atomic E-state index is 12.6. The van der Waals surface area contributed by atoms with E-state index in [2.05, 4.69) is 0 Å². The van der Waals surface area contributed by atoms with Crippen LogP contribution in [0.1, 0.15) is 11.1 Å². The highest BCUT2D eigenvalue weighted by Gasteiger charge is 2.30. The SMILES string of the molecule is COc1ccc(COc2ccc(C(F)(F)F)cc2N)cc1OC. The van der Waals surface area contributed by atoms with Gasteiger partial charge in [0.25, 0.3) is 0 Å². The van der Waals surface area contributed by atoms with Gasteiger partial charge in [0.15, 0.2) is 11.5 Å². The van der Waals surface area contributed by atoms with Crippen LogP contribution in [0.2, 0.25) is 0 Å². The summed E-state index contributed by atoms with van der Waals surface area (Å²) in [6, 6.07) is 8.19. The van der Waals surface area contributed by atoms with Crippen LogP contribution in [-0.4, -0.2) is 14.2 Å². The summed E-state index contributed by atoms with van der Waals surface area (Å²) in [6.07, 6.45) is -4.43. The third kappa shape index (κ3) is 4.00. The van der Waals surface area contributed by atoms with E-state index in [1.807, 2.05) is 0 Å². The molecule has 2 aromatic carbocycles. The summed E-state index contributed by atoms with van der Waals surface area (Å²) in [5, 5.41) is 0. The van der Waals surface area contributed by atoms with E-state index < -0.39 is 11.7 Å². The van der Waals surface area contributed by atoms with Crippen molar-refractivity contribution in [3.05, 3.63) is 47.5 Å². The zero-order chi connectivity index (χ0) is 17.0. The van der Waals surface area contributed by atoms with E-state index in [4.69, 9.17) is 19.9 Å². The Balaban J connectivity index is 2.12. The Kier molecular flexibility index (Phi) is 4.88. The van der Waals surface area contributed by atoms with Crippen molar-refractivity contribution in [3.63, 3.8) is 0 Å². The summed E-state index contributed by atoms with van der Waals surface area (Å²) in [4.78, 5) is 0. The number of methoxy groups -OCH3 is 2. The Morgan fingerprint density at radius 3 is 2.13 bits per heavy atom. The number of nitrogens with two attached hydrogens (primary N) is 1. The number of benzene rings is 2. The fourth-order valence-electron chi connectivity index (χ4n) is 1.99. The predicted octanol–water partition coefficient (Wildman–Crippen LogP) is 3.88. The molecule has 0 radical (unpaired) electrons. The molecule has 4 nitrogen and oxygen atoms in total. The second kappa shape index (κ2) is 6.68. The molecule has 2 rings (SSSR count). The monoisotopic (exact) mass is 327 g/mol. The average Bonchev–Trinajstić information content (AvgIpc) is 2.52. The zero-order valence-electron chi connectivity index (χ0n) is 12.6. The van der Waals surface area contributed by atoms with Crippen molar-refractivity contribution in [2.45, 2.75) is 12.8 Å². The van der Waals surface area contributed by atoms with Gasteiger partial charge in [-0.05, 0) is 35.9 Å². The van der Waals surface area contributed by atoms with Crippen molar-refractivity contribution in [2.24, 2.45) is 0 Å². The molecule has 2 N–H and O–H groups in total. The third-order valence-corrected chi connectivity index (χ3v) is 3.18. The second-order valence-corrected chi connectivity index (χ2v) is 4.73. The lowest BCUT2D eigenvalue weighted by atomic mass is 10.2. The van der Waals surface area contributed by atoms with Crippen molar-refractivity contribution in [1.82, 2.24) is 0 Å². The molecule has 0 saturated carbocycles. The van der Waals surface area contributed by atoms with Crippen LogP contribution in [0.5, 0.6) is 17.2 Å². The molecule has 0 aliphatic heterocycles. The molecule has 7 heteroatoms. The minimum absolute atomic E-state index is 0.0692. The Hall–Kier alpha value is -2.57. The highest BCUT2D eigenvalue weighted by Crippen LogP contribution is 2.34. The molecule has 0 unspecified atom stereocenters. The minimum Gasteiger partial charge on any atom is -0.493 e. The predicted molar refractivity (Wildman–Crippen MR) is 79.7 cm³/mol. The van der Waals surface area contributed by atoms with Gasteiger partial charge < -0.3 is 19.9 Å². The van der Waals surface area contributed by atoms with Gasteiger partial charge >= 0.3 is 6.18 Å². The van der Waals surface area contributed by atoms with Crippen LogP contribution in [0.15, 0.2) is 36.4 Å². The van der Waals surface area contributed by atoms with Gasteiger partial charge in [-0.1, -0.05) is 6.07 Å². The van der Waals surface area contributed by atoms with Gasteiger partial charge in [-0.15, -0.1) is 0 Å². The van der Waals surface area contributed by atoms with Gasteiger partial charge in [0.05, 0.1) is 25.5 Å². The smallest absolute Gasteiger partial charge is 0.416 e. The standard InChI is InChI=1S/C16H16F3NO3/c1-21-14-5-3-10(7-15(14)22-2)9-23-13-6-4-11(8-12(13)20)16(17,18)19/h3-8H,9,20H2,1-2H3. The number of alkyl halides is 3. The largest absolute Gasteiger partial charge is 0.493 e. The molecular formula is C16H16F3NO3. The van der Waals surface area contributed by atoms with Crippen LogP contribution in [0.3, 0.4) is 0 Å². The van der Waals surface area contributed by atoms with Crippen LogP contribution in [0, 0.1) is 0 Å². The van der Waals surface area contributed by atoms with Crippen molar-refractivity contribution >= 4 is 5.69 Å². The summed E-state index contributed by atoms with van der Waals surface area (Å²) in [6.45, 7) is 0.135. The molecule has 0 amide bonds. The highest BCUT2D eigenvalue weighted by atomic mass is 19.4. The first-order chi connectivity index (χ1) is 10.8. The fourth-order valence-corrected chi connectivity index (χ4v) is 1.99. The zero-order valence-corrected chi connectivity index (χ0v) is 12.6. The molecule has 0 fully saturated rings. The summed E-state index contributed by atoms with van der Waals surface area (Å²) in [5.74, 6) is 1.30. The average molecular weight is 327 g/mol. The van der Waals surface area contributed by atoms with E-state index in [0.717, 1.165) is 17.7 Å². The minimum atomic E-state index is -4.43. The van der Waals surface area contributed by atoms with E-state index in [9.17, 15) is 13.2 Å². The first-order valence-electron chi connectivity index (χ1n) is 6.65. The third-order valence-electron chi connectivity index (χ3n) is 3.18. The van der Waals surface area contributed by atoms with Gasteiger partial charge in [-0.2, -0.15) is 13.2 Å². The lowest BCUT2D eigenvalue weighted by Crippen LogP contribution is -2.06. The molecule has 0 atom stereocenters. The maximum atomic E-state index is 12.6. The van der Waals surface area contributed by atoms with Crippen molar-refractivity contribution in [2.75, 3.05) is 20.0 Å². The molecule has 124 valence electrons. The molecule has 23 heavy (non-hydrogen) atoms. The molecule has 0 bridgehead atoms. The lowest BCUT2D eigenvalue weighted by molar-refractivity contribution is -0.137. The maximum Gasteiger partial charge on any atom is 0.416 e. The Bertz CT molecular complexity index is 687. The van der Waals surface area contributed by atoms with Crippen molar-refractivity contribution < 1.29 is 27.4 Å². The lowest BCUT2D eigenvalue weighted by Gasteiger charge is -2.13. The molecule has 0 heterocycles. The number of nitrogen functional groups attached to an aromatic ring is 1. The van der Waals surface area contributed by atoms with E-state index in [1.54, 1.807) is 18.2 Å². The molecule has 0 aliphatic rings. The van der Waals surface area contributed by atoms with Crippen LogP contribution in [0.4, 0.5) is 18.9 Å². The Morgan fingerprint density at radius 1 is 0.913 bits per heavy atom. The van der Waals surface area contributed by atoms with Gasteiger partial charge in [-0.3, -0.25) is 0 Å². The summed E-state index contributed by atoms with van der Waals surface area (Å²) in [5.41, 5.74) is 5.50. The van der Waals surface area contributed by atoms with Crippen LogP contribution in [-0.2, 0) is 12.8 Å². The quantitative estimate of drug-likeness (QED) is 0.847. The van der Waals surface area contributed by atoms with Gasteiger partial charge in [0.2, 0.25) is 0 Å². The molecule has 0 spiro atoms. The number of ether oxygens (including phenoxy) is 3. The second-order valence-electron chi connectivity index (χ2n) is 4.73.